The molecule has 0 aliphatic rings. The van der Waals surface area contributed by atoms with Crippen LogP contribution < -0.4 is 0 Å². The first-order valence-electron chi connectivity index (χ1n) is 3.35. The number of rotatable bonds is 0. The highest BCUT2D eigenvalue weighted by Gasteiger charge is 2.34. The van der Waals surface area contributed by atoms with E-state index in [4.69, 9.17) is 11.6 Å². The summed E-state index contributed by atoms with van der Waals surface area (Å²) in [7, 11) is 0. The minimum Gasteiger partial charge on any atom is -0.206 e. The lowest BCUT2D eigenvalue weighted by Crippen LogP contribution is -2.08. The van der Waals surface area contributed by atoms with E-state index in [0.29, 0.717) is 12.1 Å². The van der Waals surface area contributed by atoms with E-state index < -0.39 is 17.6 Å². The van der Waals surface area contributed by atoms with Crippen LogP contribution in [0.25, 0.3) is 0 Å². The molecule has 0 unspecified atom stereocenters. The third kappa shape index (κ3) is 2.12. The van der Waals surface area contributed by atoms with Gasteiger partial charge in [0, 0.05) is 5.02 Å². The van der Waals surface area contributed by atoms with Gasteiger partial charge in [0.25, 0.3) is 0 Å². The van der Waals surface area contributed by atoms with Crippen molar-refractivity contribution < 1.29 is 17.6 Å². The van der Waals surface area contributed by atoms with E-state index in [2.05, 4.69) is 0 Å². The Labute approximate surface area is 77.1 Å². The van der Waals surface area contributed by atoms with Crippen molar-refractivity contribution in [2.24, 2.45) is 0 Å². The Morgan fingerprint density at radius 2 is 1.77 bits per heavy atom. The Morgan fingerprint density at radius 3 is 2.23 bits per heavy atom. The molecule has 1 aromatic carbocycles. The second-order valence-corrected chi connectivity index (χ2v) is 2.99. The van der Waals surface area contributed by atoms with E-state index in [-0.39, 0.29) is 10.6 Å². The Bertz CT molecular complexity index is 330. The molecule has 0 heterocycles. The van der Waals surface area contributed by atoms with E-state index >= 15 is 0 Å². The summed E-state index contributed by atoms with van der Waals surface area (Å²) in [6.45, 7) is 1.39. The third-order valence-corrected chi connectivity index (χ3v) is 1.96. The van der Waals surface area contributed by atoms with Gasteiger partial charge in [-0.25, -0.2) is 4.39 Å². The Hall–Kier alpha value is -0.770. The molecule has 1 rings (SSSR count). The lowest BCUT2D eigenvalue weighted by molar-refractivity contribution is -0.140. The molecule has 0 saturated heterocycles. The first kappa shape index (κ1) is 10.3. The highest BCUT2D eigenvalue weighted by molar-refractivity contribution is 6.31. The van der Waals surface area contributed by atoms with Crippen molar-refractivity contribution in [3.8, 4) is 0 Å². The molecule has 0 radical (unpaired) electrons. The van der Waals surface area contributed by atoms with Crippen molar-refractivity contribution >= 4 is 11.6 Å². The molecule has 0 aromatic heterocycles. The molecule has 0 spiro atoms. The summed E-state index contributed by atoms with van der Waals surface area (Å²) >= 11 is 5.43. The van der Waals surface area contributed by atoms with Crippen LogP contribution in [0, 0.1) is 12.7 Å². The molecular weight excluding hydrogens is 208 g/mol. The number of hydrogen-bond acceptors (Lipinski definition) is 0. The fourth-order valence-corrected chi connectivity index (χ4v) is 1.02. The average Bonchev–Trinajstić information content (AvgIpc) is 1.94. The maximum atomic E-state index is 12.7. The van der Waals surface area contributed by atoms with Crippen molar-refractivity contribution in [1.82, 2.24) is 0 Å². The van der Waals surface area contributed by atoms with Gasteiger partial charge >= 0.3 is 6.18 Å². The molecule has 1 aromatic rings. The number of alkyl halides is 3. The van der Waals surface area contributed by atoms with Gasteiger partial charge in [-0.05, 0) is 24.6 Å². The minimum atomic E-state index is -4.67. The van der Waals surface area contributed by atoms with Crippen LogP contribution in [0.15, 0.2) is 12.1 Å². The van der Waals surface area contributed by atoms with Crippen molar-refractivity contribution in [3.05, 3.63) is 34.1 Å². The smallest absolute Gasteiger partial charge is 0.206 e. The first-order valence-corrected chi connectivity index (χ1v) is 3.73. The van der Waals surface area contributed by atoms with Gasteiger partial charge in [0.05, 0.1) is 5.56 Å². The minimum absolute atomic E-state index is 0.00880. The molecule has 0 bridgehead atoms. The maximum Gasteiger partial charge on any atom is 0.419 e. The normalized spacial score (nSPS) is 11.8. The van der Waals surface area contributed by atoms with Gasteiger partial charge in [0.1, 0.15) is 5.82 Å². The molecule has 0 saturated carbocycles. The fourth-order valence-electron chi connectivity index (χ4n) is 0.874. The predicted octanol–water partition coefficient (Wildman–Crippen LogP) is 3.81. The van der Waals surface area contributed by atoms with Crippen LogP contribution >= 0.6 is 11.6 Å². The molecule has 13 heavy (non-hydrogen) atoms. The van der Waals surface area contributed by atoms with E-state index in [1.807, 2.05) is 0 Å². The molecule has 0 amide bonds. The molecule has 5 heteroatoms. The van der Waals surface area contributed by atoms with E-state index in [9.17, 15) is 17.6 Å². The standard InChI is InChI=1S/C8H5ClF4/c1-4-2-5(8(11,12)13)7(10)3-6(4)9/h2-3H,1H3. The van der Waals surface area contributed by atoms with Gasteiger partial charge in [-0.3, -0.25) is 0 Å². The molecule has 0 fully saturated rings. The monoisotopic (exact) mass is 212 g/mol. The summed E-state index contributed by atoms with van der Waals surface area (Å²) in [4.78, 5) is 0. The van der Waals surface area contributed by atoms with Crippen molar-refractivity contribution in [2.45, 2.75) is 13.1 Å². The number of aryl methyl sites for hydroxylation is 1. The lowest BCUT2D eigenvalue weighted by Gasteiger charge is -2.09. The molecule has 0 aliphatic heterocycles. The van der Waals surface area contributed by atoms with E-state index in [1.54, 1.807) is 0 Å². The van der Waals surface area contributed by atoms with Crippen molar-refractivity contribution in [2.75, 3.05) is 0 Å². The topological polar surface area (TPSA) is 0 Å². The van der Waals surface area contributed by atoms with Crippen LogP contribution in [0.3, 0.4) is 0 Å². The van der Waals surface area contributed by atoms with Crippen molar-refractivity contribution in [3.63, 3.8) is 0 Å². The summed E-state index contributed by atoms with van der Waals surface area (Å²) in [6, 6.07) is 1.36. The van der Waals surface area contributed by atoms with Crippen LogP contribution in [0.4, 0.5) is 17.6 Å². The van der Waals surface area contributed by atoms with Crippen LogP contribution in [-0.4, -0.2) is 0 Å². The van der Waals surface area contributed by atoms with Gasteiger partial charge in [0.2, 0.25) is 0 Å². The van der Waals surface area contributed by atoms with Crippen LogP contribution in [0.2, 0.25) is 5.02 Å². The van der Waals surface area contributed by atoms with Crippen LogP contribution in [0.5, 0.6) is 0 Å². The Morgan fingerprint density at radius 1 is 1.23 bits per heavy atom. The first-order chi connectivity index (χ1) is 5.82. The highest BCUT2D eigenvalue weighted by Crippen LogP contribution is 2.33. The van der Waals surface area contributed by atoms with E-state index in [0.717, 1.165) is 0 Å². The number of benzene rings is 1. The molecule has 72 valence electrons. The second kappa shape index (κ2) is 3.18. The second-order valence-electron chi connectivity index (χ2n) is 2.58. The average molecular weight is 213 g/mol. The maximum absolute atomic E-state index is 12.7. The van der Waals surface area contributed by atoms with Crippen LogP contribution in [0.1, 0.15) is 11.1 Å². The quantitative estimate of drug-likeness (QED) is 0.574. The molecule has 0 nitrogen and oxygen atoms in total. The van der Waals surface area contributed by atoms with Crippen LogP contribution in [-0.2, 0) is 6.18 Å². The highest BCUT2D eigenvalue weighted by atomic mass is 35.5. The van der Waals surface area contributed by atoms with Crippen molar-refractivity contribution in [1.29, 1.82) is 0 Å². The van der Waals surface area contributed by atoms with Gasteiger partial charge in [-0.1, -0.05) is 11.6 Å². The summed E-state index contributed by atoms with van der Waals surface area (Å²) in [5.41, 5.74) is -1.08. The Balaban J connectivity index is 3.32. The zero-order valence-corrected chi connectivity index (χ0v) is 7.30. The number of hydrogen-bond donors (Lipinski definition) is 0. The van der Waals surface area contributed by atoms with Gasteiger partial charge in [0.15, 0.2) is 0 Å². The summed E-state index contributed by atoms with van der Waals surface area (Å²) in [5, 5.41) is -0.00880. The molecule has 0 N–H and O–H groups in total. The fraction of sp³-hybridized carbons (Fsp3) is 0.250. The third-order valence-electron chi connectivity index (χ3n) is 1.55. The largest absolute Gasteiger partial charge is 0.419 e. The number of halogens is 5. The summed E-state index contributed by atoms with van der Waals surface area (Å²) in [5.74, 6) is -1.34. The molecule has 0 aliphatic carbocycles. The zero-order chi connectivity index (χ0) is 10.2. The Kier molecular flexibility index (Phi) is 2.52. The van der Waals surface area contributed by atoms with Gasteiger partial charge < -0.3 is 0 Å². The van der Waals surface area contributed by atoms with E-state index in [1.165, 1.54) is 6.92 Å². The SMILES string of the molecule is Cc1cc(C(F)(F)F)c(F)cc1Cl. The summed E-state index contributed by atoms with van der Waals surface area (Å²) in [6.07, 6.45) is -4.67. The zero-order valence-electron chi connectivity index (χ0n) is 6.54. The predicted molar refractivity (Wildman–Crippen MR) is 41.1 cm³/mol. The molecule has 0 atom stereocenters. The van der Waals surface area contributed by atoms with Gasteiger partial charge in [-0.15, -0.1) is 0 Å². The van der Waals surface area contributed by atoms with Gasteiger partial charge in [-0.2, -0.15) is 13.2 Å². The lowest BCUT2D eigenvalue weighted by atomic mass is 10.1. The molecular formula is C8H5ClF4. The summed E-state index contributed by atoms with van der Waals surface area (Å²) < 4.78 is 49.0.